The number of nitrogens with zero attached hydrogens (tertiary/aromatic N) is 3. The fourth-order valence-electron chi connectivity index (χ4n) is 4.20. The number of amides is 2. The van der Waals surface area contributed by atoms with Crippen LogP contribution in [-0.4, -0.2) is 33.1 Å². The monoisotopic (exact) mass is 575 g/mol. The van der Waals surface area contributed by atoms with Crippen LogP contribution >= 0.6 is 15.9 Å². The second kappa shape index (κ2) is 10.5. The third-order valence-electron chi connectivity index (χ3n) is 6.12. The second-order valence-corrected chi connectivity index (χ2v) is 9.66. The highest BCUT2D eigenvalue weighted by molar-refractivity contribution is 9.10. The minimum atomic E-state index is -4.70. The zero-order valence-corrected chi connectivity index (χ0v) is 22.0. The molecule has 0 saturated heterocycles. The lowest BCUT2D eigenvalue weighted by Crippen LogP contribution is -2.29. The molecule has 1 aromatic carbocycles. The van der Waals surface area contributed by atoms with Crippen molar-refractivity contribution in [3.05, 3.63) is 75.2 Å². The second-order valence-electron chi connectivity index (χ2n) is 8.75. The number of hydrogen-bond acceptors (Lipinski definition) is 4. The van der Waals surface area contributed by atoms with Crippen molar-refractivity contribution >= 4 is 44.3 Å². The number of benzene rings is 1. The van der Waals surface area contributed by atoms with Gasteiger partial charge in [-0.1, -0.05) is 34.2 Å². The van der Waals surface area contributed by atoms with E-state index in [2.05, 4.69) is 36.6 Å². The van der Waals surface area contributed by atoms with Crippen molar-refractivity contribution in [3.8, 4) is 0 Å². The first-order valence-electron chi connectivity index (χ1n) is 11.7. The van der Waals surface area contributed by atoms with E-state index < -0.39 is 17.8 Å². The molecule has 2 N–H and O–H groups in total. The highest BCUT2D eigenvalue weighted by atomic mass is 79.9. The molecule has 0 spiro atoms. The van der Waals surface area contributed by atoms with Gasteiger partial charge in [-0.25, -0.2) is 4.98 Å². The van der Waals surface area contributed by atoms with Crippen LogP contribution in [-0.2, 0) is 17.5 Å². The van der Waals surface area contributed by atoms with E-state index in [4.69, 9.17) is 0 Å². The molecule has 4 rings (SSSR count). The summed E-state index contributed by atoms with van der Waals surface area (Å²) in [5.74, 6) is -0.923. The van der Waals surface area contributed by atoms with Crippen molar-refractivity contribution in [2.75, 3.05) is 11.9 Å². The standard InChI is InChI=1S/C26H25BrF3N5O2/c1-4-31-24(36)17-7-5-16(6-8-17)13-35-15(3)23(14(2)34-35)33-25(37)20-12-22(26(28,29)30)32-21-10-9-18(27)11-19(20)21/h5-7,9-12,17H,4,8,13H2,1-3H3,(H,31,36)(H,33,37). The van der Waals surface area contributed by atoms with E-state index in [0.717, 1.165) is 11.6 Å². The number of aryl methyl sites for hydroxylation is 1. The summed E-state index contributed by atoms with van der Waals surface area (Å²) in [5.41, 5.74) is 1.36. The molecular weight excluding hydrogens is 551 g/mol. The van der Waals surface area contributed by atoms with Gasteiger partial charge in [0.25, 0.3) is 5.91 Å². The Kier molecular flexibility index (Phi) is 7.54. The average molecular weight is 576 g/mol. The summed E-state index contributed by atoms with van der Waals surface area (Å²) in [6.07, 6.45) is 1.60. The number of aromatic nitrogens is 3. The van der Waals surface area contributed by atoms with E-state index in [9.17, 15) is 22.8 Å². The van der Waals surface area contributed by atoms with Gasteiger partial charge in [-0.05, 0) is 57.0 Å². The molecule has 0 aliphatic heterocycles. The van der Waals surface area contributed by atoms with Crippen LogP contribution in [0.5, 0.6) is 0 Å². The molecule has 0 saturated carbocycles. The van der Waals surface area contributed by atoms with Gasteiger partial charge >= 0.3 is 6.18 Å². The normalized spacial score (nSPS) is 15.5. The number of pyridine rings is 1. The Morgan fingerprint density at radius 2 is 1.97 bits per heavy atom. The summed E-state index contributed by atoms with van der Waals surface area (Å²) in [7, 11) is 0. The minimum absolute atomic E-state index is 0.0190. The van der Waals surface area contributed by atoms with Gasteiger partial charge in [-0.15, -0.1) is 0 Å². The molecule has 2 aromatic heterocycles. The van der Waals surface area contributed by atoms with Crippen molar-refractivity contribution < 1.29 is 22.8 Å². The summed E-state index contributed by atoms with van der Waals surface area (Å²) >= 11 is 3.31. The van der Waals surface area contributed by atoms with Gasteiger partial charge in [0, 0.05) is 16.4 Å². The molecule has 0 bridgehead atoms. The number of carbonyl (C=O) groups excluding carboxylic acids is 2. The van der Waals surface area contributed by atoms with Gasteiger partial charge in [0.05, 0.1) is 40.6 Å². The van der Waals surface area contributed by atoms with E-state index >= 15 is 0 Å². The quantitative estimate of drug-likeness (QED) is 0.393. The molecule has 3 aromatic rings. The number of carbonyl (C=O) groups is 2. The maximum Gasteiger partial charge on any atom is 0.433 e. The first-order chi connectivity index (χ1) is 17.5. The molecule has 37 heavy (non-hydrogen) atoms. The fourth-order valence-corrected chi connectivity index (χ4v) is 4.56. The summed E-state index contributed by atoms with van der Waals surface area (Å²) in [4.78, 5) is 29.0. The van der Waals surface area contributed by atoms with Crippen LogP contribution in [0.15, 0.2) is 52.5 Å². The largest absolute Gasteiger partial charge is 0.433 e. The van der Waals surface area contributed by atoms with E-state index in [1.165, 1.54) is 6.07 Å². The average Bonchev–Trinajstić information content (AvgIpc) is 3.10. The Bertz CT molecular complexity index is 1440. The van der Waals surface area contributed by atoms with Crippen molar-refractivity contribution in [3.63, 3.8) is 0 Å². The number of nitrogens with one attached hydrogen (secondary N) is 2. The van der Waals surface area contributed by atoms with Crippen LogP contribution in [0.3, 0.4) is 0 Å². The molecule has 1 aliphatic carbocycles. The zero-order valence-electron chi connectivity index (χ0n) is 20.4. The van der Waals surface area contributed by atoms with Crippen LogP contribution in [0.4, 0.5) is 18.9 Å². The SMILES string of the molecule is CCNC(=O)C1C=CC(Cn2nc(C)c(NC(=O)c3cc(C(F)(F)F)nc4ccc(Br)cc34)c2C)=CC1. The van der Waals surface area contributed by atoms with Crippen molar-refractivity contribution in [2.45, 2.75) is 39.9 Å². The first-order valence-corrected chi connectivity index (χ1v) is 12.4. The molecule has 2 amide bonds. The van der Waals surface area contributed by atoms with Crippen LogP contribution in [0.2, 0.25) is 0 Å². The third kappa shape index (κ3) is 5.76. The number of rotatable bonds is 6. The predicted octanol–water partition coefficient (Wildman–Crippen LogP) is 5.72. The molecule has 11 heteroatoms. The van der Waals surface area contributed by atoms with E-state index in [0.29, 0.717) is 46.4 Å². The van der Waals surface area contributed by atoms with Gasteiger partial charge in [0.15, 0.2) is 0 Å². The first kappa shape index (κ1) is 26.6. The number of alkyl halides is 3. The number of fused-ring (bicyclic) bond motifs is 1. The topological polar surface area (TPSA) is 88.9 Å². The summed E-state index contributed by atoms with van der Waals surface area (Å²) < 4.78 is 42.8. The van der Waals surface area contributed by atoms with E-state index in [1.54, 1.807) is 30.7 Å². The maximum absolute atomic E-state index is 13.5. The number of halogens is 4. The predicted molar refractivity (Wildman–Crippen MR) is 138 cm³/mol. The number of allylic oxidation sites excluding steroid dienone is 3. The minimum Gasteiger partial charge on any atom is -0.356 e. The smallest absolute Gasteiger partial charge is 0.356 e. The lowest BCUT2D eigenvalue weighted by atomic mass is 9.96. The molecule has 0 fully saturated rings. The summed E-state index contributed by atoms with van der Waals surface area (Å²) in [5, 5.41) is 10.4. The lowest BCUT2D eigenvalue weighted by Gasteiger charge is -2.16. The summed E-state index contributed by atoms with van der Waals surface area (Å²) in [6, 6.07) is 5.34. The Labute approximate surface area is 220 Å². The number of anilines is 1. The Morgan fingerprint density at radius 3 is 2.62 bits per heavy atom. The molecule has 1 unspecified atom stereocenters. The van der Waals surface area contributed by atoms with Crippen molar-refractivity contribution in [1.29, 1.82) is 0 Å². The Morgan fingerprint density at radius 1 is 1.22 bits per heavy atom. The fraction of sp³-hybridized carbons (Fsp3) is 0.308. The van der Waals surface area contributed by atoms with Gasteiger partial charge in [-0.2, -0.15) is 18.3 Å². The molecule has 1 aliphatic rings. The molecular formula is C26H25BrF3N5O2. The van der Waals surface area contributed by atoms with Gasteiger partial charge in [0.2, 0.25) is 5.91 Å². The van der Waals surface area contributed by atoms with Crippen LogP contribution in [0.1, 0.15) is 40.8 Å². The maximum atomic E-state index is 13.5. The Hall–Kier alpha value is -3.47. The van der Waals surface area contributed by atoms with Gasteiger partial charge in [-0.3, -0.25) is 14.3 Å². The van der Waals surface area contributed by atoms with Crippen molar-refractivity contribution in [1.82, 2.24) is 20.1 Å². The van der Waals surface area contributed by atoms with Crippen molar-refractivity contribution in [2.24, 2.45) is 5.92 Å². The Balaban J connectivity index is 1.59. The van der Waals surface area contributed by atoms with E-state index in [1.807, 2.05) is 25.2 Å². The van der Waals surface area contributed by atoms with Crippen LogP contribution < -0.4 is 10.6 Å². The van der Waals surface area contributed by atoms with E-state index in [-0.39, 0.29) is 22.9 Å². The van der Waals surface area contributed by atoms with Crippen LogP contribution in [0.25, 0.3) is 10.9 Å². The van der Waals surface area contributed by atoms with Gasteiger partial charge in [0.1, 0.15) is 5.69 Å². The molecule has 0 radical (unpaired) electrons. The highest BCUT2D eigenvalue weighted by Gasteiger charge is 2.34. The highest BCUT2D eigenvalue weighted by Crippen LogP contribution is 2.33. The third-order valence-corrected chi connectivity index (χ3v) is 6.62. The summed E-state index contributed by atoms with van der Waals surface area (Å²) in [6.45, 7) is 6.37. The molecule has 1 atom stereocenters. The van der Waals surface area contributed by atoms with Gasteiger partial charge < -0.3 is 10.6 Å². The molecule has 194 valence electrons. The lowest BCUT2D eigenvalue weighted by molar-refractivity contribution is -0.141. The number of hydrogen-bond donors (Lipinski definition) is 2. The molecule has 7 nitrogen and oxygen atoms in total. The molecule has 2 heterocycles. The van der Waals surface area contributed by atoms with Crippen LogP contribution in [0, 0.1) is 19.8 Å². The zero-order chi connectivity index (χ0) is 26.9.